The molecule has 0 amide bonds. The van der Waals surface area contributed by atoms with Gasteiger partial charge in [-0.1, -0.05) is 12.1 Å². The molecule has 1 aliphatic carbocycles. The van der Waals surface area contributed by atoms with Crippen LogP contribution in [0.4, 0.5) is 0 Å². The quantitative estimate of drug-likeness (QED) is 0.793. The normalized spacial score (nSPS) is 20.7. The topological polar surface area (TPSA) is 76.5 Å². The minimum atomic E-state index is -3.18. The van der Waals surface area contributed by atoms with Crippen LogP contribution >= 0.6 is 0 Å². The molecule has 2 heterocycles. The van der Waals surface area contributed by atoms with Crippen LogP contribution in [0.15, 0.2) is 36.5 Å². The number of hydrogen-bond acceptors (Lipinski definition) is 5. The van der Waals surface area contributed by atoms with E-state index >= 15 is 0 Å². The molecule has 1 N–H and O–H groups in total. The lowest BCUT2D eigenvalue weighted by atomic mass is 10.1. The molecule has 8 heteroatoms. The molecule has 140 valence electrons. The molecule has 0 bridgehead atoms. The number of methoxy groups -OCH3 is 1. The first-order chi connectivity index (χ1) is 12.5. The predicted octanol–water partition coefficient (Wildman–Crippen LogP) is 1.53. The van der Waals surface area contributed by atoms with E-state index in [4.69, 9.17) is 4.74 Å². The minimum absolute atomic E-state index is 0.000485. The van der Waals surface area contributed by atoms with E-state index in [1.54, 1.807) is 13.3 Å². The Morgan fingerprint density at radius 2 is 2.00 bits per heavy atom. The average Bonchev–Trinajstić information content (AvgIpc) is 3.40. The molecule has 1 atom stereocenters. The zero-order valence-corrected chi connectivity index (χ0v) is 15.7. The Morgan fingerprint density at radius 3 is 2.69 bits per heavy atom. The fourth-order valence-corrected chi connectivity index (χ4v) is 4.85. The molecule has 2 aromatic rings. The van der Waals surface area contributed by atoms with E-state index in [1.807, 2.05) is 22.9 Å². The third-order valence-electron chi connectivity index (χ3n) is 5.00. The molecule has 26 heavy (non-hydrogen) atoms. The van der Waals surface area contributed by atoms with Crippen LogP contribution in [0.3, 0.4) is 0 Å². The molecular formula is C18H24N4O3S. The van der Waals surface area contributed by atoms with E-state index in [2.05, 4.69) is 26.9 Å². The van der Waals surface area contributed by atoms with E-state index in [1.165, 1.54) is 5.56 Å². The van der Waals surface area contributed by atoms with Crippen molar-refractivity contribution in [2.75, 3.05) is 20.2 Å². The highest BCUT2D eigenvalue weighted by atomic mass is 32.2. The van der Waals surface area contributed by atoms with E-state index < -0.39 is 10.0 Å². The zero-order valence-electron chi connectivity index (χ0n) is 14.8. The second kappa shape index (κ2) is 7.02. The van der Waals surface area contributed by atoms with Crippen molar-refractivity contribution in [3.63, 3.8) is 0 Å². The maximum Gasteiger partial charge on any atom is 0.214 e. The Bertz CT molecular complexity index is 859. The number of hydrogen-bond donors (Lipinski definition) is 1. The molecule has 0 unspecified atom stereocenters. The Labute approximate surface area is 154 Å². The smallest absolute Gasteiger partial charge is 0.214 e. The number of nitrogens with one attached hydrogen (secondary N) is 1. The first kappa shape index (κ1) is 17.5. The fraction of sp³-hybridized carbons (Fsp3) is 0.500. The van der Waals surface area contributed by atoms with E-state index in [9.17, 15) is 8.42 Å². The molecule has 0 radical (unpaired) electrons. The van der Waals surface area contributed by atoms with Gasteiger partial charge in [-0.05, 0) is 36.6 Å². The van der Waals surface area contributed by atoms with Gasteiger partial charge in [0.15, 0.2) is 0 Å². The van der Waals surface area contributed by atoms with Gasteiger partial charge in [-0.15, -0.1) is 0 Å². The SMILES string of the molecule is COc1ccc(CN2Cc3ccnn3[C@H](CNS(=O)(=O)C3CC3)C2)cc1. The summed E-state index contributed by atoms with van der Waals surface area (Å²) in [5.74, 6) is 0.845. The number of ether oxygens (including phenoxy) is 1. The highest BCUT2D eigenvalue weighted by molar-refractivity contribution is 7.90. The van der Waals surface area contributed by atoms with Crippen LogP contribution in [-0.2, 0) is 23.1 Å². The number of aromatic nitrogens is 2. The van der Waals surface area contributed by atoms with Gasteiger partial charge in [0, 0.05) is 32.4 Å². The van der Waals surface area contributed by atoms with Crippen molar-refractivity contribution in [3.8, 4) is 5.75 Å². The molecule has 1 saturated carbocycles. The van der Waals surface area contributed by atoms with Gasteiger partial charge >= 0.3 is 0 Å². The zero-order chi connectivity index (χ0) is 18.1. The lowest BCUT2D eigenvalue weighted by Gasteiger charge is -2.34. The van der Waals surface area contributed by atoms with Gasteiger partial charge in [0.25, 0.3) is 0 Å². The van der Waals surface area contributed by atoms with Crippen LogP contribution < -0.4 is 9.46 Å². The third kappa shape index (κ3) is 3.77. The molecule has 2 aliphatic rings. The maximum atomic E-state index is 12.2. The van der Waals surface area contributed by atoms with Crippen molar-refractivity contribution < 1.29 is 13.2 Å². The summed E-state index contributed by atoms with van der Waals surface area (Å²) in [6.07, 6.45) is 3.34. The van der Waals surface area contributed by atoms with E-state index in [0.29, 0.717) is 6.54 Å². The summed E-state index contributed by atoms with van der Waals surface area (Å²) in [6.45, 7) is 2.75. The van der Waals surface area contributed by atoms with Gasteiger partial charge in [0.05, 0.1) is 24.1 Å². The van der Waals surface area contributed by atoms with Crippen molar-refractivity contribution in [1.82, 2.24) is 19.4 Å². The van der Waals surface area contributed by atoms with Crippen molar-refractivity contribution in [2.45, 2.75) is 37.2 Å². The first-order valence-corrected chi connectivity index (χ1v) is 10.5. The summed E-state index contributed by atoms with van der Waals surface area (Å²) in [6, 6.07) is 10.1. The summed E-state index contributed by atoms with van der Waals surface area (Å²) >= 11 is 0. The van der Waals surface area contributed by atoms with E-state index in [-0.39, 0.29) is 11.3 Å². The van der Waals surface area contributed by atoms with Gasteiger partial charge in [-0.3, -0.25) is 9.58 Å². The van der Waals surface area contributed by atoms with Gasteiger partial charge in [0.1, 0.15) is 5.75 Å². The van der Waals surface area contributed by atoms with Crippen LogP contribution in [0.25, 0.3) is 0 Å². The molecule has 1 aromatic carbocycles. The lowest BCUT2D eigenvalue weighted by Crippen LogP contribution is -2.43. The molecule has 4 rings (SSSR count). The number of nitrogens with zero attached hydrogens (tertiary/aromatic N) is 3. The van der Waals surface area contributed by atoms with Crippen LogP contribution in [0, 0.1) is 0 Å². The summed E-state index contributed by atoms with van der Waals surface area (Å²) < 4.78 is 34.3. The fourth-order valence-electron chi connectivity index (χ4n) is 3.43. The molecular weight excluding hydrogens is 352 g/mol. The standard InChI is InChI=1S/C18H24N4O3S/c1-25-17-4-2-14(3-5-17)11-21-12-15-8-9-19-22(15)16(13-21)10-20-26(23,24)18-6-7-18/h2-5,8-9,16,18,20H,6-7,10-13H2,1H3/t16-/m1/s1. The number of sulfonamides is 1. The third-order valence-corrected chi connectivity index (χ3v) is 6.92. The van der Waals surface area contributed by atoms with E-state index in [0.717, 1.165) is 43.9 Å². The monoisotopic (exact) mass is 376 g/mol. The van der Waals surface area contributed by atoms with Crippen molar-refractivity contribution >= 4 is 10.0 Å². The maximum absolute atomic E-state index is 12.2. The van der Waals surface area contributed by atoms with Gasteiger partial charge < -0.3 is 4.74 Å². The summed E-state index contributed by atoms with van der Waals surface area (Å²) in [5, 5.41) is 4.21. The number of rotatable bonds is 7. The van der Waals surface area contributed by atoms with Crippen LogP contribution in [0.5, 0.6) is 5.75 Å². The second-order valence-corrected chi connectivity index (χ2v) is 9.08. The molecule has 0 spiro atoms. The lowest BCUT2D eigenvalue weighted by molar-refractivity contribution is 0.168. The molecule has 1 fully saturated rings. The average molecular weight is 376 g/mol. The van der Waals surface area contributed by atoms with Crippen molar-refractivity contribution in [1.29, 1.82) is 0 Å². The highest BCUT2D eigenvalue weighted by Gasteiger charge is 2.36. The van der Waals surface area contributed by atoms with Crippen molar-refractivity contribution in [3.05, 3.63) is 47.8 Å². The van der Waals surface area contributed by atoms with Crippen LogP contribution in [0.2, 0.25) is 0 Å². The Balaban J connectivity index is 1.44. The van der Waals surface area contributed by atoms with Gasteiger partial charge in [-0.25, -0.2) is 13.1 Å². The van der Waals surface area contributed by atoms with Gasteiger partial charge in [-0.2, -0.15) is 5.10 Å². The van der Waals surface area contributed by atoms with Crippen LogP contribution in [-0.4, -0.2) is 48.5 Å². The number of fused-ring (bicyclic) bond motifs is 1. The minimum Gasteiger partial charge on any atom is -0.497 e. The molecule has 0 saturated heterocycles. The second-order valence-electron chi connectivity index (χ2n) is 7.03. The Hall–Kier alpha value is -1.90. The summed E-state index contributed by atoms with van der Waals surface area (Å²) in [5.41, 5.74) is 2.32. The first-order valence-electron chi connectivity index (χ1n) is 8.91. The highest BCUT2D eigenvalue weighted by Crippen LogP contribution is 2.28. The number of benzene rings is 1. The van der Waals surface area contributed by atoms with Crippen molar-refractivity contribution in [2.24, 2.45) is 0 Å². The Morgan fingerprint density at radius 1 is 1.23 bits per heavy atom. The summed E-state index contributed by atoms with van der Waals surface area (Å²) in [7, 11) is -1.52. The van der Waals surface area contributed by atoms with Gasteiger partial charge in [0.2, 0.25) is 10.0 Å². The van der Waals surface area contributed by atoms with Crippen LogP contribution in [0.1, 0.15) is 30.1 Å². The summed E-state index contributed by atoms with van der Waals surface area (Å²) in [4.78, 5) is 2.33. The molecule has 7 nitrogen and oxygen atoms in total. The molecule has 1 aliphatic heterocycles. The predicted molar refractivity (Wildman–Crippen MR) is 98.3 cm³/mol. The largest absolute Gasteiger partial charge is 0.497 e. The molecule has 1 aromatic heterocycles. The Kier molecular flexibility index (Phi) is 4.73.